The van der Waals surface area contributed by atoms with Crippen LogP contribution in [0.15, 0.2) is 41.6 Å². The van der Waals surface area contributed by atoms with E-state index in [-0.39, 0.29) is 5.75 Å². The minimum Gasteiger partial charge on any atom is -0.368 e. The molecule has 7 heteroatoms. The molecule has 0 spiro atoms. The van der Waals surface area contributed by atoms with Gasteiger partial charge in [-0.1, -0.05) is 18.2 Å². The smallest absolute Gasteiger partial charge is 0.180 e. The van der Waals surface area contributed by atoms with Gasteiger partial charge >= 0.3 is 0 Å². The van der Waals surface area contributed by atoms with E-state index >= 15 is 0 Å². The normalized spacial score (nSPS) is 11.7. The van der Waals surface area contributed by atoms with Crippen LogP contribution < -0.4 is 5.32 Å². The number of fused-ring (bicyclic) bond motifs is 1. The maximum absolute atomic E-state index is 12.3. The fourth-order valence-corrected chi connectivity index (χ4v) is 4.54. The minimum absolute atomic E-state index is 0.0185. The predicted molar refractivity (Wildman–Crippen MR) is 93.9 cm³/mol. The number of aromatic nitrogens is 2. The molecule has 0 atom stereocenters. The van der Waals surface area contributed by atoms with Gasteiger partial charge in [0, 0.05) is 11.4 Å². The number of anilines is 1. The average Bonchev–Trinajstić information content (AvgIpc) is 2.84. The molecule has 23 heavy (non-hydrogen) atoms. The highest BCUT2D eigenvalue weighted by Crippen LogP contribution is 2.32. The van der Waals surface area contributed by atoms with E-state index in [1.54, 1.807) is 41.7 Å². The van der Waals surface area contributed by atoms with E-state index in [2.05, 4.69) is 15.3 Å². The highest BCUT2D eigenvalue weighted by atomic mass is 32.2. The quantitative estimate of drug-likeness (QED) is 0.767. The molecule has 1 aromatic carbocycles. The van der Waals surface area contributed by atoms with E-state index in [4.69, 9.17) is 0 Å². The Morgan fingerprint density at radius 1 is 1.13 bits per heavy atom. The lowest BCUT2D eigenvalue weighted by Gasteiger charge is -2.08. The molecule has 0 aliphatic carbocycles. The number of hydrogen-bond donors (Lipinski definition) is 1. The summed E-state index contributed by atoms with van der Waals surface area (Å²) in [6, 6.07) is 8.49. The van der Waals surface area contributed by atoms with Gasteiger partial charge < -0.3 is 5.32 Å². The van der Waals surface area contributed by atoms with Crippen molar-refractivity contribution < 1.29 is 8.42 Å². The summed E-state index contributed by atoms with van der Waals surface area (Å²) in [5.74, 6) is 0.713. The van der Waals surface area contributed by atoms with Crippen LogP contribution in [0.2, 0.25) is 0 Å². The van der Waals surface area contributed by atoms with Crippen LogP contribution in [0.5, 0.6) is 0 Å². The SMILES string of the molecule is Cc1sc2ncnc(NCCS(=O)(=O)c3ccccc3)c2c1C. The van der Waals surface area contributed by atoms with Crippen molar-refractivity contribution in [1.82, 2.24) is 9.97 Å². The Balaban J connectivity index is 1.77. The van der Waals surface area contributed by atoms with Gasteiger partial charge in [0.25, 0.3) is 0 Å². The first-order valence-electron chi connectivity index (χ1n) is 7.21. The summed E-state index contributed by atoms with van der Waals surface area (Å²) >= 11 is 1.62. The van der Waals surface area contributed by atoms with Crippen molar-refractivity contribution in [3.8, 4) is 0 Å². The Bertz CT molecular complexity index is 935. The number of nitrogens with one attached hydrogen (secondary N) is 1. The van der Waals surface area contributed by atoms with Crippen molar-refractivity contribution in [3.05, 3.63) is 47.1 Å². The number of thiophene rings is 1. The maximum atomic E-state index is 12.3. The van der Waals surface area contributed by atoms with Crippen molar-refractivity contribution in [3.63, 3.8) is 0 Å². The lowest BCUT2D eigenvalue weighted by atomic mass is 10.2. The number of rotatable bonds is 5. The summed E-state index contributed by atoms with van der Waals surface area (Å²) in [6.07, 6.45) is 1.51. The first-order valence-corrected chi connectivity index (χ1v) is 9.68. The zero-order chi connectivity index (χ0) is 16.4. The molecule has 3 aromatic rings. The maximum Gasteiger partial charge on any atom is 0.180 e. The monoisotopic (exact) mass is 347 g/mol. The average molecular weight is 347 g/mol. The Morgan fingerprint density at radius 3 is 2.61 bits per heavy atom. The number of benzene rings is 1. The van der Waals surface area contributed by atoms with Crippen LogP contribution in [0, 0.1) is 13.8 Å². The fraction of sp³-hybridized carbons (Fsp3) is 0.250. The first kappa shape index (κ1) is 15.9. The zero-order valence-corrected chi connectivity index (χ0v) is 14.5. The molecule has 0 aliphatic heterocycles. The van der Waals surface area contributed by atoms with E-state index in [1.807, 2.05) is 13.8 Å². The molecule has 5 nitrogen and oxygen atoms in total. The Morgan fingerprint density at radius 2 is 1.87 bits per heavy atom. The number of sulfone groups is 1. The standard InChI is InChI=1S/C16H17N3O2S2/c1-11-12(2)22-16-14(11)15(18-10-19-16)17-8-9-23(20,21)13-6-4-3-5-7-13/h3-7,10H,8-9H2,1-2H3,(H,17,18,19). The molecule has 0 amide bonds. The summed E-state index contributed by atoms with van der Waals surface area (Å²) in [5, 5.41) is 4.12. The summed E-state index contributed by atoms with van der Waals surface area (Å²) in [4.78, 5) is 11.0. The van der Waals surface area contributed by atoms with Gasteiger partial charge in [-0.2, -0.15) is 0 Å². The molecule has 0 saturated heterocycles. The lowest BCUT2D eigenvalue weighted by Crippen LogP contribution is -2.16. The van der Waals surface area contributed by atoms with Crippen LogP contribution in [-0.4, -0.2) is 30.7 Å². The van der Waals surface area contributed by atoms with Gasteiger partial charge in [-0.25, -0.2) is 18.4 Å². The van der Waals surface area contributed by atoms with Crippen LogP contribution in [-0.2, 0) is 9.84 Å². The molecule has 1 N–H and O–H groups in total. The molecule has 3 rings (SSSR count). The fourth-order valence-electron chi connectivity index (χ4n) is 2.37. The number of nitrogens with zero attached hydrogens (tertiary/aromatic N) is 2. The summed E-state index contributed by atoms with van der Waals surface area (Å²) in [7, 11) is -3.29. The van der Waals surface area contributed by atoms with Gasteiger partial charge in [-0.3, -0.25) is 0 Å². The van der Waals surface area contributed by atoms with Gasteiger partial charge in [0.1, 0.15) is 17.0 Å². The van der Waals surface area contributed by atoms with E-state index in [9.17, 15) is 8.42 Å². The predicted octanol–water partition coefficient (Wildman–Crippen LogP) is 3.19. The van der Waals surface area contributed by atoms with Gasteiger partial charge in [0.15, 0.2) is 9.84 Å². The topological polar surface area (TPSA) is 72.0 Å². The number of hydrogen-bond acceptors (Lipinski definition) is 6. The van der Waals surface area contributed by atoms with Gasteiger partial charge in [-0.15, -0.1) is 11.3 Å². The second-order valence-corrected chi connectivity index (χ2v) is 8.56. The molecule has 0 saturated carbocycles. The molecule has 0 bridgehead atoms. The zero-order valence-electron chi connectivity index (χ0n) is 12.9. The molecule has 0 unspecified atom stereocenters. The highest BCUT2D eigenvalue weighted by Gasteiger charge is 2.15. The Kier molecular flexibility index (Phi) is 4.32. The third-order valence-corrected chi connectivity index (χ3v) is 6.58. The molecule has 0 fully saturated rings. The molecule has 0 aliphatic rings. The first-order chi connectivity index (χ1) is 11.0. The van der Waals surface area contributed by atoms with Crippen molar-refractivity contribution in [2.75, 3.05) is 17.6 Å². The van der Waals surface area contributed by atoms with E-state index in [0.717, 1.165) is 15.8 Å². The van der Waals surface area contributed by atoms with E-state index in [1.165, 1.54) is 11.2 Å². The van der Waals surface area contributed by atoms with Crippen molar-refractivity contribution in [1.29, 1.82) is 0 Å². The number of aryl methyl sites for hydroxylation is 2. The largest absolute Gasteiger partial charge is 0.368 e. The molecule has 120 valence electrons. The Hall–Kier alpha value is -1.99. The highest BCUT2D eigenvalue weighted by molar-refractivity contribution is 7.91. The van der Waals surface area contributed by atoms with Crippen LogP contribution in [0.25, 0.3) is 10.2 Å². The van der Waals surface area contributed by atoms with E-state index < -0.39 is 9.84 Å². The second kappa shape index (κ2) is 6.25. The summed E-state index contributed by atoms with van der Waals surface area (Å²) in [6.45, 7) is 4.38. The molecular formula is C16H17N3O2S2. The molecule has 0 radical (unpaired) electrons. The van der Waals surface area contributed by atoms with E-state index in [0.29, 0.717) is 17.3 Å². The lowest BCUT2D eigenvalue weighted by molar-refractivity contribution is 0.596. The van der Waals surface area contributed by atoms with Crippen molar-refractivity contribution in [2.45, 2.75) is 18.7 Å². The third kappa shape index (κ3) is 3.20. The second-order valence-electron chi connectivity index (χ2n) is 5.24. The minimum atomic E-state index is -3.29. The molecule has 2 heterocycles. The summed E-state index contributed by atoms with van der Waals surface area (Å²) in [5.41, 5.74) is 1.14. The third-order valence-electron chi connectivity index (χ3n) is 3.73. The van der Waals surface area contributed by atoms with Crippen LogP contribution in [0.4, 0.5) is 5.82 Å². The van der Waals surface area contributed by atoms with Gasteiger partial charge in [-0.05, 0) is 31.5 Å². The van der Waals surface area contributed by atoms with Crippen molar-refractivity contribution >= 4 is 37.2 Å². The molecule has 2 aromatic heterocycles. The van der Waals surface area contributed by atoms with Crippen LogP contribution >= 0.6 is 11.3 Å². The molecular weight excluding hydrogens is 330 g/mol. The van der Waals surface area contributed by atoms with Crippen LogP contribution in [0.1, 0.15) is 10.4 Å². The Labute approximate surface area is 139 Å². The van der Waals surface area contributed by atoms with Gasteiger partial charge in [0.2, 0.25) is 0 Å². The van der Waals surface area contributed by atoms with Crippen LogP contribution in [0.3, 0.4) is 0 Å². The van der Waals surface area contributed by atoms with Crippen molar-refractivity contribution in [2.24, 2.45) is 0 Å². The van der Waals surface area contributed by atoms with Gasteiger partial charge in [0.05, 0.1) is 16.0 Å². The summed E-state index contributed by atoms with van der Waals surface area (Å²) < 4.78 is 24.6.